The summed E-state index contributed by atoms with van der Waals surface area (Å²) in [5.74, 6) is 1.43. The Hall–Kier alpha value is -2.75. The summed E-state index contributed by atoms with van der Waals surface area (Å²) in [5, 5.41) is 8.44. The molecule has 2 aromatic carbocycles. The van der Waals surface area contributed by atoms with E-state index in [0.29, 0.717) is 12.2 Å². The maximum absolute atomic E-state index is 15.6. The molecule has 1 fully saturated rings. The molecule has 7 nitrogen and oxygen atoms in total. The number of aromatic nitrogens is 2. The maximum atomic E-state index is 15.6. The van der Waals surface area contributed by atoms with Crippen molar-refractivity contribution in [3.05, 3.63) is 53.2 Å². The number of H-pyrrole nitrogens is 1. The van der Waals surface area contributed by atoms with Crippen LogP contribution in [0.15, 0.2) is 36.5 Å². The number of aromatic amines is 1. The third-order valence-electron chi connectivity index (χ3n) is 7.76. The zero-order valence-electron chi connectivity index (χ0n) is 22.7. The summed E-state index contributed by atoms with van der Waals surface area (Å²) in [7, 11) is 3.19. The smallest absolute Gasteiger partial charge is 0.144 e. The Kier molecular flexibility index (Phi) is 7.88. The molecule has 1 aromatic heterocycles. The molecule has 5 rings (SSSR count). The predicted molar refractivity (Wildman–Crippen MR) is 144 cm³/mol. The summed E-state index contributed by atoms with van der Waals surface area (Å²) in [4.78, 5) is 4.42. The van der Waals surface area contributed by atoms with Crippen LogP contribution in [0.2, 0.25) is 0 Å². The SMILES string of the molecule is COC[C@@](C)(F)CN1[C@H](c2ccc(OC3CN(CCCF)C3)cc2OC)c2ccc3[nH]ncc3c2C[C@H]1C. The fraction of sp³-hybridized carbons (Fsp3) is 0.552. The van der Waals surface area contributed by atoms with Crippen LogP contribution >= 0.6 is 0 Å². The van der Waals surface area contributed by atoms with E-state index in [9.17, 15) is 4.39 Å². The van der Waals surface area contributed by atoms with Gasteiger partial charge >= 0.3 is 0 Å². The quantitative estimate of drug-likeness (QED) is 0.389. The van der Waals surface area contributed by atoms with E-state index in [0.717, 1.165) is 53.8 Å². The first-order valence-electron chi connectivity index (χ1n) is 13.3. The number of nitrogens with zero attached hydrogens (tertiary/aromatic N) is 3. The van der Waals surface area contributed by atoms with Crippen molar-refractivity contribution in [3.8, 4) is 11.5 Å². The molecule has 3 heterocycles. The van der Waals surface area contributed by atoms with Crippen molar-refractivity contribution < 1.29 is 23.0 Å². The van der Waals surface area contributed by atoms with E-state index in [1.165, 1.54) is 12.7 Å². The topological polar surface area (TPSA) is 62.9 Å². The molecule has 2 aliphatic heterocycles. The molecular formula is C29H38F2N4O3. The van der Waals surface area contributed by atoms with Gasteiger partial charge in [-0.1, -0.05) is 6.07 Å². The van der Waals surface area contributed by atoms with Crippen molar-refractivity contribution in [1.82, 2.24) is 20.0 Å². The highest BCUT2D eigenvalue weighted by atomic mass is 19.1. The lowest BCUT2D eigenvalue weighted by Crippen LogP contribution is -2.53. The number of ether oxygens (including phenoxy) is 3. The molecule has 3 aromatic rings. The van der Waals surface area contributed by atoms with Gasteiger partial charge < -0.3 is 14.2 Å². The average Bonchev–Trinajstić information content (AvgIpc) is 3.35. The van der Waals surface area contributed by atoms with E-state index in [1.54, 1.807) is 14.0 Å². The molecule has 0 bridgehead atoms. The molecule has 1 N–H and O–H groups in total. The van der Waals surface area contributed by atoms with Crippen molar-refractivity contribution >= 4 is 10.9 Å². The van der Waals surface area contributed by atoms with Gasteiger partial charge in [-0.2, -0.15) is 5.10 Å². The molecule has 0 unspecified atom stereocenters. The highest BCUT2D eigenvalue weighted by Crippen LogP contribution is 2.45. The van der Waals surface area contributed by atoms with E-state index >= 15 is 4.39 Å². The van der Waals surface area contributed by atoms with Crippen LogP contribution in [0, 0.1) is 0 Å². The molecule has 0 amide bonds. The van der Waals surface area contributed by atoms with Gasteiger partial charge in [0.05, 0.1) is 38.1 Å². The minimum Gasteiger partial charge on any atom is -0.496 e. The van der Waals surface area contributed by atoms with Crippen LogP contribution in [0.4, 0.5) is 8.78 Å². The summed E-state index contributed by atoms with van der Waals surface area (Å²) in [5.41, 5.74) is 2.78. The Bertz CT molecular complexity index is 1240. The predicted octanol–water partition coefficient (Wildman–Crippen LogP) is 4.70. The van der Waals surface area contributed by atoms with Crippen molar-refractivity contribution in [3.63, 3.8) is 0 Å². The molecular weight excluding hydrogens is 490 g/mol. The van der Waals surface area contributed by atoms with Crippen LogP contribution in [0.1, 0.15) is 43.0 Å². The van der Waals surface area contributed by atoms with Gasteiger partial charge in [0.15, 0.2) is 0 Å². The van der Waals surface area contributed by atoms with Crippen molar-refractivity contribution in [2.24, 2.45) is 0 Å². The lowest BCUT2D eigenvalue weighted by Gasteiger charge is -2.45. The van der Waals surface area contributed by atoms with Crippen molar-refractivity contribution in [1.29, 1.82) is 0 Å². The fourth-order valence-corrected chi connectivity index (χ4v) is 5.99. The number of alkyl halides is 2. The number of rotatable bonds is 11. The van der Waals surface area contributed by atoms with Crippen molar-refractivity contribution in [2.75, 3.05) is 53.7 Å². The average molecular weight is 529 g/mol. The minimum absolute atomic E-state index is 0.0181. The summed E-state index contributed by atoms with van der Waals surface area (Å²) < 4.78 is 45.4. The summed E-state index contributed by atoms with van der Waals surface area (Å²) in [6.07, 6.45) is 3.30. The van der Waals surface area contributed by atoms with Crippen LogP contribution in [0.5, 0.6) is 11.5 Å². The van der Waals surface area contributed by atoms with Crippen LogP contribution < -0.4 is 9.47 Å². The highest BCUT2D eigenvalue weighted by molar-refractivity contribution is 5.83. The Morgan fingerprint density at radius 3 is 2.68 bits per heavy atom. The number of hydrogen-bond acceptors (Lipinski definition) is 6. The molecule has 9 heteroatoms. The number of methoxy groups -OCH3 is 2. The summed E-state index contributed by atoms with van der Waals surface area (Å²) >= 11 is 0. The Morgan fingerprint density at radius 2 is 1.95 bits per heavy atom. The lowest BCUT2D eigenvalue weighted by molar-refractivity contribution is 0.00198. The van der Waals surface area contributed by atoms with E-state index in [2.05, 4.69) is 33.0 Å². The molecule has 1 saturated heterocycles. The Labute approximate surface area is 223 Å². The molecule has 38 heavy (non-hydrogen) atoms. The first-order chi connectivity index (χ1) is 18.3. The number of halogens is 2. The van der Waals surface area contributed by atoms with E-state index in [-0.39, 0.29) is 38.0 Å². The number of fused-ring (bicyclic) bond motifs is 3. The number of hydrogen-bond donors (Lipinski definition) is 1. The van der Waals surface area contributed by atoms with Gasteiger partial charge in [0.1, 0.15) is 23.3 Å². The van der Waals surface area contributed by atoms with Gasteiger partial charge in [0, 0.05) is 56.3 Å². The normalized spacial score (nSPS) is 22.2. The van der Waals surface area contributed by atoms with Crippen molar-refractivity contribution in [2.45, 2.75) is 50.5 Å². The zero-order valence-corrected chi connectivity index (χ0v) is 22.7. The second-order valence-electron chi connectivity index (χ2n) is 10.9. The first-order valence-corrected chi connectivity index (χ1v) is 13.3. The number of benzene rings is 2. The zero-order chi connectivity index (χ0) is 26.9. The van der Waals surface area contributed by atoms with Gasteiger partial charge in [0.2, 0.25) is 0 Å². The number of nitrogens with one attached hydrogen (secondary N) is 1. The summed E-state index contributed by atoms with van der Waals surface area (Å²) in [6.45, 7) is 6.03. The largest absolute Gasteiger partial charge is 0.496 e. The third-order valence-corrected chi connectivity index (χ3v) is 7.76. The first kappa shape index (κ1) is 26.8. The lowest BCUT2D eigenvalue weighted by atomic mass is 9.82. The van der Waals surface area contributed by atoms with Gasteiger partial charge in [-0.3, -0.25) is 19.3 Å². The van der Waals surface area contributed by atoms with E-state index in [1.807, 2.05) is 30.5 Å². The standard InChI is InChI=1S/C29H38F2N4O3/c1-19-12-24-22(8-9-26-25(24)14-32-33-26)28(35(19)17-29(2,31)18-36-3)23-7-6-20(13-27(23)37-4)38-21-15-34(16-21)11-5-10-30/h6-9,13-14,19,21,28H,5,10-12,15-18H2,1-4H3,(H,32,33)/t19-,28+,29+/m1/s1. The second-order valence-corrected chi connectivity index (χ2v) is 10.9. The monoisotopic (exact) mass is 528 g/mol. The molecule has 0 aliphatic carbocycles. The van der Waals surface area contributed by atoms with E-state index in [4.69, 9.17) is 14.2 Å². The summed E-state index contributed by atoms with van der Waals surface area (Å²) in [6, 6.07) is 9.96. The van der Waals surface area contributed by atoms with Crippen LogP contribution in [0.25, 0.3) is 10.9 Å². The Balaban J connectivity index is 1.48. The van der Waals surface area contributed by atoms with Gasteiger partial charge in [-0.15, -0.1) is 0 Å². The van der Waals surface area contributed by atoms with E-state index < -0.39 is 5.67 Å². The second kappa shape index (κ2) is 11.2. The van der Waals surface area contributed by atoms with Gasteiger partial charge in [-0.25, -0.2) is 4.39 Å². The third kappa shape index (κ3) is 5.37. The molecule has 0 radical (unpaired) electrons. The van der Waals surface area contributed by atoms with Gasteiger partial charge in [0.25, 0.3) is 0 Å². The van der Waals surface area contributed by atoms with Crippen LogP contribution in [0.3, 0.4) is 0 Å². The molecule has 0 spiro atoms. The van der Waals surface area contributed by atoms with Crippen LogP contribution in [-0.4, -0.2) is 91.5 Å². The molecule has 2 aliphatic rings. The van der Waals surface area contributed by atoms with Gasteiger partial charge in [-0.05, 0) is 56.0 Å². The number of likely N-dealkylation sites (tertiary alicyclic amines) is 1. The Morgan fingerprint density at radius 1 is 1.16 bits per heavy atom. The molecule has 206 valence electrons. The molecule has 0 saturated carbocycles. The fourth-order valence-electron chi connectivity index (χ4n) is 5.99. The maximum Gasteiger partial charge on any atom is 0.144 e. The highest BCUT2D eigenvalue weighted by Gasteiger charge is 2.40. The van der Waals surface area contributed by atoms with Crippen LogP contribution in [-0.2, 0) is 11.2 Å². The minimum atomic E-state index is -1.52. The molecule has 3 atom stereocenters.